The van der Waals surface area contributed by atoms with E-state index in [1.54, 1.807) is 28.4 Å². The number of ether oxygens (including phenoxy) is 4. The molecule has 0 fully saturated rings. The van der Waals surface area contributed by atoms with Crippen molar-refractivity contribution in [2.45, 2.75) is 19.9 Å². The minimum Gasteiger partial charge on any atom is -0.494 e. The summed E-state index contributed by atoms with van der Waals surface area (Å²) in [6.07, 6.45) is 0.736. The molecular formula is C22H31N3O4. The van der Waals surface area contributed by atoms with Crippen LogP contribution in [0.4, 0.5) is 0 Å². The van der Waals surface area contributed by atoms with Gasteiger partial charge >= 0.3 is 0 Å². The minimum atomic E-state index is 0.600. The fourth-order valence-electron chi connectivity index (χ4n) is 3.02. The van der Waals surface area contributed by atoms with E-state index in [1.807, 2.05) is 43.3 Å². The van der Waals surface area contributed by atoms with Crippen LogP contribution in [0.15, 0.2) is 41.4 Å². The van der Waals surface area contributed by atoms with Crippen LogP contribution in [0.2, 0.25) is 0 Å². The van der Waals surface area contributed by atoms with Crippen LogP contribution in [0.3, 0.4) is 0 Å². The van der Waals surface area contributed by atoms with Gasteiger partial charge in [0.15, 0.2) is 17.5 Å². The Balaban J connectivity index is 1.96. The maximum Gasteiger partial charge on any atom is 0.203 e. The molecule has 0 atom stereocenters. The van der Waals surface area contributed by atoms with Crippen LogP contribution in [-0.2, 0) is 13.0 Å². The van der Waals surface area contributed by atoms with Crippen molar-refractivity contribution in [3.8, 4) is 23.0 Å². The molecule has 7 heteroatoms. The van der Waals surface area contributed by atoms with E-state index in [-0.39, 0.29) is 0 Å². The summed E-state index contributed by atoms with van der Waals surface area (Å²) in [5, 5.41) is 6.65. The lowest BCUT2D eigenvalue weighted by atomic mass is 10.1. The van der Waals surface area contributed by atoms with Crippen molar-refractivity contribution in [2.75, 3.05) is 41.5 Å². The second-order valence-electron chi connectivity index (χ2n) is 6.14. The van der Waals surface area contributed by atoms with Gasteiger partial charge in [-0.25, -0.2) is 0 Å². The lowest BCUT2D eigenvalue weighted by Crippen LogP contribution is -2.38. The van der Waals surface area contributed by atoms with E-state index >= 15 is 0 Å². The number of hydrogen-bond donors (Lipinski definition) is 2. The smallest absolute Gasteiger partial charge is 0.203 e. The van der Waals surface area contributed by atoms with Crippen LogP contribution in [0.1, 0.15) is 18.1 Å². The van der Waals surface area contributed by atoms with E-state index in [9.17, 15) is 0 Å². The summed E-state index contributed by atoms with van der Waals surface area (Å²) in [5.74, 6) is 3.53. The Morgan fingerprint density at radius 2 is 1.62 bits per heavy atom. The zero-order valence-corrected chi connectivity index (χ0v) is 17.9. The third-order valence-corrected chi connectivity index (χ3v) is 4.41. The van der Waals surface area contributed by atoms with Gasteiger partial charge in [0.2, 0.25) is 5.75 Å². The highest BCUT2D eigenvalue weighted by Gasteiger charge is 2.15. The minimum absolute atomic E-state index is 0.600. The van der Waals surface area contributed by atoms with Crippen LogP contribution < -0.4 is 29.6 Å². The standard InChI is InChI=1S/C22H31N3O4/c1-6-29-18-10-8-7-9-17(18)15-25-22(23-2)24-14-13-16-11-12-19(26-3)21(28-5)20(16)27-4/h7-12H,6,13-15H2,1-5H3,(H2,23,24,25). The Labute approximate surface area is 173 Å². The van der Waals surface area contributed by atoms with Gasteiger partial charge in [-0.1, -0.05) is 24.3 Å². The number of nitrogens with one attached hydrogen (secondary N) is 2. The molecule has 0 amide bonds. The molecule has 0 radical (unpaired) electrons. The highest BCUT2D eigenvalue weighted by molar-refractivity contribution is 5.79. The van der Waals surface area contributed by atoms with Crippen molar-refractivity contribution in [2.24, 2.45) is 4.99 Å². The van der Waals surface area contributed by atoms with Gasteiger partial charge in [0.25, 0.3) is 0 Å². The van der Waals surface area contributed by atoms with E-state index in [4.69, 9.17) is 18.9 Å². The molecule has 0 aliphatic carbocycles. The van der Waals surface area contributed by atoms with Gasteiger partial charge in [-0.3, -0.25) is 4.99 Å². The number of guanidine groups is 1. The van der Waals surface area contributed by atoms with Crippen molar-refractivity contribution in [1.29, 1.82) is 0 Å². The molecule has 0 saturated heterocycles. The molecule has 29 heavy (non-hydrogen) atoms. The molecule has 2 aromatic carbocycles. The van der Waals surface area contributed by atoms with Gasteiger partial charge in [0.1, 0.15) is 5.75 Å². The molecule has 0 saturated carbocycles. The summed E-state index contributed by atoms with van der Waals surface area (Å²) < 4.78 is 22.0. The van der Waals surface area contributed by atoms with Crippen molar-refractivity contribution < 1.29 is 18.9 Å². The molecule has 158 valence electrons. The number of para-hydroxylation sites is 1. The van der Waals surface area contributed by atoms with E-state index in [2.05, 4.69) is 15.6 Å². The molecule has 0 aromatic heterocycles. The summed E-state index contributed by atoms with van der Waals surface area (Å²) in [4.78, 5) is 4.29. The third kappa shape index (κ3) is 5.94. The van der Waals surface area contributed by atoms with Gasteiger partial charge in [-0.15, -0.1) is 0 Å². The first-order valence-corrected chi connectivity index (χ1v) is 9.61. The van der Waals surface area contributed by atoms with Crippen LogP contribution in [0.25, 0.3) is 0 Å². The highest BCUT2D eigenvalue weighted by atomic mass is 16.5. The second kappa shape index (κ2) is 11.7. The third-order valence-electron chi connectivity index (χ3n) is 4.41. The van der Waals surface area contributed by atoms with Gasteiger partial charge in [-0.05, 0) is 25.5 Å². The molecule has 2 rings (SSSR count). The lowest BCUT2D eigenvalue weighted by Gasteiger charge is -2.17. The Morgan fingerprint density at radius 3 is 2.28 bits per heavy atom. The van der Waals surface area contributed by atoms with Gasteiger partial charge in [-0.2, -0.15) is 0 Å². The van der Waals surface area contributed by atoms with Crippen LogP contribution in [0, 0.1) is 0 Å². The van der Waals surface area contributed by atoms with Gasteiger partial charge in [0.05, 0.1) is 27.9 Å². The zero-order valence-electron chi connectivity index (χ0n) is 17.9. The zero-order chi connectivity index (χ0) is 21.1. The number of benzene rings is 2. The second-order valence-corrected chi connectivity index (χ2v) is 6.14. The van der Waals surface area contributed by atoms with Gasteiger partial charge in [0, 0.05) is 31.3 Å². The molecule has 2 N–H and O–H groups in total. The number of nitrogens with zero attached hydrogens (tertiary/aromatic N) is 1. The van der Waals surface area contributed by atoms with E-state index in [0.29, 0.717) is 36.9 Å². The van der Waals surface area contributed by atoms with Crippen LogP contribution in [0.5, 0.6) is 23.0 Å². The van der Waals surface area contributed by atoms with E-state index in [0.717, 1.165) is 29.3 Å². The number of hydrogen-bond acceptors (Lipinski definition) is 5. The maximum absolute atomic E-state index is 5.67. The Kier molecular flexibility index (Phi) is 8.95. The first-order valence-electron chi connectivity index (χ1n) is 9.61. The summed E-state index contributed by atoms with van der Waals surface area (Å²) >= 11 is 0. The fraction of sp³-hybridized carbons (Fsp3) is 0.409. The predicted octanol–water partition coefficient (Wildman–Crippen LogP) is 3.02. The van der Waals surface area contributed by atoms with Gasteiger partial charge < -0.3 is 29.6 Å². The lowest BCUT2D eigenvalue weighted by molar-refractivity contribution is 0.322. The molecule has 0 aliphatic heterocycles. The van der Waals surface area contributed by atoms with Crippen molar-refractivity contribution in [3.63, 3.8) is 0 Å². The quantitative estimate of drug-likeness (QED) is 0.471. The van der Waals surface area contributed by atoms with Crippen LogP contribution >= 0.6 is 0 Å². The average molecular weight is 402 g/mol. The summed E-state index contributed by atoms with van der Waals surface area (Å²) in [5.41, 5.74) is 2.11. The molecule has 0 heterocycles. The molecular weight excluding hydrogens is 370 g/mol. The molecule has 0 unspecified atom stereocenters. The SMILES string of the molecule is CCOc1ccccc1CNC(=NC)NCCc1ccc(OC)c(OC)c1OC. The summed E-state index contributed by atoms with van der Waals surface area (Å²) in [7, 11) is 6.59. The van der Waals surface area contributed by atoms with Crippen molar-refractivity contribution in [3.05, 3.63) is 47.5 Å². The molecule has 0 aliphatic rings. The Hall–Kier alpha value is -3.09. The molecule has 0 spiro atoms. The predicted molar refractivity (Wildman–Crippen MR) is 116 cm³/mol. The fourth-order valence-corrected chi connectivity index (χ4v) is 3.02. The largest absolute Gasteiger partial charge is 0.494 e. The van der Waals surface area contributed by atoms with Crippen LogP contribution in [-0.4, -0.2) is 47.5 Å². The number of methoxy groups -OCH3 is 3. The highest BCUT2D eigenvalue weighted by Crippen LogP contribution is 2.39. The Morgan fingerprint density at radius 1 is 0.862 bits per heavy atom. The normalized spacial score (nSPS) is 11.0. The molecule has 7 nitrogen and oxygen atoms in total. The summed E-state index contributed by atoms with van der Waals surface area (Å²) in [6, 6.07) is 11.8. The average Bonchev–Trinajstić information content (AvgIpc) is 2.76. The van der Waals surface area contributed by atoms with E-state index < -0.39 is 0 Å². The van der Waals surface area contributed by atoms with E-state index in [1.165, 1.54) is 0 Å². The Bertz CT molecular complexity index is 809. The van der Waals surface area contributed by atoms with Crippen molar-refractivity contribution in [1.82, 2.24) is 10.6 Å². The first-order chi connectivity index (χ1) is 14.2. The molecule has 2 aromatic rings. The number of aliphatic imine (C=N–C) groups is 1. The monoisotopic (exact) mass is 401 g/mol. The summed E-state index contributed by atoms with van der Waals surface area (Å²) in [6.45, 7) is 3.92. The first kappa shape index (κ1) is 22.2. The molecule has 0 bridgehead atoms. The van der Waals surface area contributed by atoms with Crippen molar-refractivity contribution >= 4 is 5.96 Å². The maximum atomic E-state index is 5.67. The number of rotatable bonds is 10. The topological polar surface area (TPSA) is 73.3 Å².